The first-order valence-electron chi connectivity index (χ1n) is 25.6. The van der Waals surface area contributed by atoms with Crippen LogP contribution in [0.2, 0.25) is 0 Å². The molecule has 15 heteroatoms. The Labute approximate surface area is 423 Å². The Kier molecular flexibility index (Phi) is 18.1. The van der Waals surface area contributed by atoms with Crippen LogP contribution in [0, 0.1) is 23.7 Å². The Balaban J connectivity index is 1.46. The summed E-state index contributed by atoms with van der Waals surface area (Å²) < 4.78 is 73.8. The van der Waals surface area contributed by atoms with E-state index < -0.39 is 102 Å². The van der Waals surface area contributed by atoms with Crippen molar-refractivity contribution >= 4 is 17.9 Å². The summed E-state index contributed by atoms with van der Waals surface area (Å²) in [6.45, 7) is 25.9. The van der Waals surface area contributed by atoms with Crippen LogP contribution < -0.4 is 0 Å². The topological polar surface area (TPSA) is 153 Å². The Morgan fingerprint density at radius 3 is 1.85 bits per heavy atom. The highest BCUT2D eigenvalue weighted by molar-refractivity contribution is 5.90. The van der Waals surface area contributed by atoms with Crippen molar-refractivity contribution in [2.45, 2.75) is 192 Å². The number of hydrogen-bond donors (Lipinski definition) is 0. The number of nitrogens with zero attached hydrogens (tertiary/aromatic N) is 1. The minimum absolute atomic E-state index is 0.127. The number of carbonyl (C=O) groups is 3. The van der Waals surface area contributed by atoms with Gasteiger partial charge in [0, 0.05) is 38.9 Å². The monoisotopic (exact) mass is 995 g/mol. The summed E-state index contributed by atoms with van der Waals surface area (Å²) in [6, 6.07) is 17.4. The number of methoxy groups -OCH3 is 2. The van der Waals surface area contributed by atoms with Gasteiger partial charge in [0.1, 0.15) is 17.7 Å². The van der Waals surface area contributed by atoms with Crippen LogP contribution in [0.1, 0.15) is 123 Å². The van der Waals surface area contributed by atoms with Crippen molar-refractivity contribution in [3.63, 3.8) is 0 Å². The molecule has 2 aromatic rings. The fourth-order valence-electron chi connectivity index (χ4n) is 11.5. The van der Waals surface area contributed by atoms with E-state index in [1.54, 1.807) is 69.7 Å². The van der Waals surface area contributed by atoms with Crippen molar-refractivity contribution < 1.29 is 71.0 Å². The average Bonchev–Trinajstić information content (AvgIpc) is 3.32. The van der Waals surface area contributed by atoms with Crippen molar-refractivity contribution in [2.75, 3.05) is 35.4 Å². The molecule has 0 spiro atoms. The number of likely N-dealkylation sites (N-methyl/N-ethyl adjacent to an activating group) is 1. The van der Waals surface area contributed by atoms with Gasteiger partial charge in [-0.25, -0.2) is 9.59 Å². The van der Waals surface area contributed by atoms with Gasteiger partial charge in [0.05, 0.1) is 80.4 Å². The number of ether oxygens (including phenoxy) is 11. The Hall–Kier alpha value is -3.77. The summed E-state index contributed by atoms with van der Waals surface area (Å²) in [5, 5.41) is 0. The number of esters is 3. The van der Waals surface area contributed by atoms with Gasteiger partial charge in [-0.2, -0.15) is 0 Å². The minimum atomic E-state index is -1.14. The smallest absolute Gasteiger partial charge is 0.338 e. The zero-order valence-electron chi connectivity index (χ0n) is 45.2. The molecule has 4 aliphatic rings. The van der Waals surface area contributed by atoms with Crippen molar-refractivity contribution in [1.29, 1.82) is 0 Å². The third-order valence-corrected chi connectivity index (χ3v) is 15.6. The number of hydrogen-bond acceptors (Lipinski definition) is 14. The fourth-order valence-corrected chi connectivity index (χ4v) is 11.5. The van der Waals surface area contributed by atoms with Crippen molar-refractivity contribution in [1.82, 2.24) is 0 Å². The van der Waals surface area contributed by atoms with Gasteiger partial charge in [-0.05, 0) is 97.1 Å². The van der Waals surface area contributed by atoms with Gasteiger partial charge in [0.25, 0.3) is 0 Å². The van der Waals surface area contributed by atoms with Crippen LogP contribution in [-0.2, 0) is 56.9 Å². The van der Waals surface area contributed by atoms with Gasteiger partial charge < -0.3 is 56.6 Å². The van der Waals surface area contributed by atoms with E-state index in [0.29, 0.717) is 40.4 Å². The second-order valence-corrected chi connectivity index (χ2v) is 22.4. The van der Waals surface area contributed by atoms with Gasteiger partial charge in [0.15, 0.2) is 18.2 Å². The molecule has 71 heavy (non-hydrogen) atoms. The van der Waals surface area contributed by atoms with E-state index in [0.717, 1.165) is 0 Å². The number of quaternary nitrogens is 1. The number of carbonyl (C=O) groups excluding carboxylic acids is 3. The van der Waals surface area contributed by atoms with E-state index >= 15 is 0 Å². The summed E-state index contributed by atoms with van der Waals surface area (Å²) in [5.41, 5.74) is -0.776. The maximum Gasteiger partial charge on any atom is 0.338 e. The van der Waals surface area contributed by atoms with Gasteiger partial charge in [-0.1, -0.05) is 70.7 Å². The molecule has 15 nitrogen and oxygen atoms in total. The quantitative estimate of drug-likeness (QED) is 0.0863. The molecule has 0 N–H and O–H groups in total. The number of benzene rings is 2. The molecule has 4 aliphatic heterocycles. The molecule has 4 saturated heterocycles. The molecule has 18 atom stereocenters. The summed E-state index contributed by atoms with van der Waals surface area (Å²) in [4.78, 5) is 42.5. The second-order valence-electron chi connectivity index (χ2n) is 22.4. The molecule has 2 aromatic carbocycles. The normalized spacial score (nSPS) is 39.4. The van der Waals surface area contributed by atoms with Crippen LogP contribution in [0.15, 0.2) is 72.8 Å². The Bertz CT molecular complexity index is 2110. The Morgan fingerprint density at radius 2 is 1.30 bits per heavy atom. The van der Waals surface area contributed by atoms with E-state index in [1.807, 2.05) is 67.5 Å². The lowest BCUT2D eigenvalue weighted by atomic mass is 9.74. The first-order valence-corrected chi connectivity index (χ1v) is 25.6. The predicted octanol–water partition coefficient (Wildman–Crippen LogP) is 8.71. The lowest BCUT2D eigenvalue weighted by Gasteiger charge is -2.52. The second kappa shape index (κ2) is 22.8. The fraction of sp³-hybridized carbons (Fsp3) is 0.696. The predicted molar refractivity (Wildman–Crippen MR) is 266 cm³/mol. The maximum atomic E-state index is 14.9. The third-order valence-electron chi connectivity index (χ3n) is 15.6. The van der Waals surface area contributed by atoms with Crippen LogP contribution in [0.3, 0.4) is 0 Å². The zero-order valence-corrected chi connectivity index (χ0v) is 45.2. The summed E-state index contributed by atoms with van der Waals surface area (Å²) in [5.74, 6) is -4.51. The van der Waals surface area contributed by atoms with Gasteiger partial charge in [0.2, 0.25) is 12.4 Å². The molecule has 0 aromatic heterocycles. The van der Waals surface area contributed by atoms with Crippen molar-refractivity contribution in [2.24, 2.45) is 23.7 Å². The summed E-state index contributed by atoms with van der Waals surface area (Å²) >= 11 is 0. The van der Waals surface area contributed by atoms with Crippen molar-refractivity contribution in [3.05, 3.63) is 83.9 Å². The van der Waals surface area contributed by atoms with Crippen LogP contribution in [0.4, 0.5) is 0 Å². The first-order chi connectivity index (χ1) is 33.3. The molecule has 0 amide bonds. The highest BCUT2D eigenvalue weighted by Gasteiger charge is 2.56. The number of cyclic esters (lactones) is 1. The molecule has 2 unspecified atom stereocenters. The van der Waals surface area contributed by atoms with Crippen LogP contribution >= 0.6 is 0 Å². The minimum Gasteiger partial charge on any atom is -0.457 e. The Morgan fingerprint density at radius 1 is 0.732 bits per heavy atom. The van der Waals surface area contributed by atoms with E-state index in [4.69, 9.17) is 52.1 Å². The molecular weight excluding hydrogens is 911 g/mol. The molecule has 4 fully saturated rings. The molecule has 2 bridgehead atoms. The molecular formula is C56H84NO14+. The van der Waals surface area contributed by atoms with E-state index in [-0.39, 0.29) is 36.5 Å². The van der Waals surface area contributed by atoms with E-state index in [9.17, 15) is 14.4 Å². The molecule has 0 radical (unpaired) electrons. The molecule has 0 saturated carbocycles. The van der Waals surface area contributed by atoms with E-state index in [2.05, 4.69) is 41.6 Å². The van der Waals surface area contributed by atoms with Crippen LogP contribution in [-0.4, -0.2) is 148 Å². The van der Waals surface area contributed by atoms with Gasteiger partial charge >= 0.3 is 17.9 Å². The molecule has 396 valence electrons. The van der Waals surface area contributed by atoms with Crippen LogP contribution in [0.25, 0.3) is 0 Å². The average molecular weight is 995 g/mol. The lowest BCUT2D eigenvalue weighted by molar-refractivity contribution is -0.903. The van der Waals surface area contributed by atoms with Gasteiger partial charge in [-0.15, -0.1) is 0 Å². The first kappa shape index (κ1) is 56.5. The van der Waals surface area contributed by atoms with Crippen molar-refractivity contribution in [3.8, 4) is 0 Å². The SMILES string of the molecule is C=C1C(CC)OC(=O)[C@H](C)C(O[C@H]2C[C@@](C)(OC)[C@@H](OC(=O)c3ccccc3)[C@H](C)O2)[C@H](C)[C@@H](O[C@@H]2O[C@H](C)C[C@H]([N+](C)(C)C)[C@H]2OC(=O)c2ccccc2)[C@](C)(OC)C[C@@H](C)[C@@H]2OC(C)(C)O[C@@H]1[C@H]2C. The van der Waals surface area contributed by atoms with E-state index in [1.165, 1.54) is 0 Å². The standard InChI is InChI=1S/C56H84NO14/c1-18-42-34(4)46-35(5)44(70-54(9,10)71-46)32(2)30-55(11,61-16)48(69-53-47(41(57(13,14)15)29-33(3)63-53)67-51(59)39-25-21-19-22-26-39)36(6)45(37(7)50(58)65-42)66-43-31-56(12,62-17)49(38(8)64-43)68-52(60)40-27-23-20-24-28-40/h19-28,32-33,35-38,41-49,53H,4,18,29-31H2,1-3,5-17H3/q+1/t32-,33-,35+,36+,37-,38+,41+,42?,43+,44+,45?,46+,47-,48-,49+,53+,55-,56-/m1/s1. The van der Waals surface area contributed by atoms with Crippen LogP contribution in [0.5, 0.6) is 0 Å². The molecule has 4 heterocycles. The van der Waals surface area contributed by atoms with Gasteiger partial charge in [-0.3, -0.25) is 4.79 Å². The number of rotatable bonds is 12. The lowest BCUT2D eigenvalue weighted by Crippen LogP contribution is -2.64. The summed E-state index contributed by atoms with van der Waals surface area (Å²) in [7, 11) is 9.43. The largest absolute Gasteiger partial charge is 0.457 e. The summed E-state index contributed by atoms with van der Waals surface area (Å²) in [6.07, 6.45) is -6.62. The molecule has 6 rings (SSSR count). The highest BCUT2D eigenvalue weighted by Crippen LogP contribution is 2.46. The maximum absolute atomic E-state index is 14.9. The molecule has 0 aliphatic carbocycles. The number of fused-ring (bicyclic) bond motifs is 2. The zero-order chi connectivity index (χ0) is 52.4. The highest BCUT2D eigenvalue weighted by atomic mass is 16.7. The third kappa shape index (κ3) is 12.8.